The molecule has 1 aliphatic carbocycles. The first-order valence-electron chi connectivity index (χ1n) is 11.4. The van der Waals surface area contributed by atoms with E-state index in [9.17, 15) is 15.0 Å². The molecule has 32 heavy (non-hydrogen) atoms. The van der Waals surface area contributed by atoms with Gasteiger partial charge in [0.15, 0.2) is 0 Å². The van der Waals surface area contributed by atoms with E-state index in [1.54, 1.807) is 0 Å². The Morgan fingerprint density at radius 3 is 2.31 bits per heavy atom. The number of aliphatic hydroxyl groups is 1. The summed E-state index contributed by atoms with van der Waals surface area (Å²) in [6.07, 6.45) is 3.26. The van der Waals surface area contributed by atoms with E-state index < -0.39 is 17.5 Å². The predicted molar refractivity (Wildman–Crippen MR) is 124 cm³/mol. The average Bonchev–Trinajstić information content (AvgIpc) is 3.33. The summed E-state index contributed by atoms with van der Waals surface area (Å²) >= 11 is 0. The SMILES string of the molecule is O=C(O)C1(c2ccc3c(c2)OC[C@H](Cc2ccc(-c4ccccc4)cc2)C3O)CCCC1. The van der Waals surface area contributed by atoms with Crippen molar-refractivity contribution in [1.82, 2.24) is 0 Å². The Balaban J connectivity index is 1.33. The van der Waals surface area contributed by atoms with Crippen LogP contribution >= 0.6 is 0 Å². The maximum absolute atomic E-state index is 12.0. The van der Waals surface area contributed by atoms with Gasteiger partial charge in [0, 0.05) is 11.5 Å². The van der Waals surface area contributed by atoms with Gasteiger partial charge >= 0.3 is 5.97 Å². The number of carboxylic acids is 1. The first kappa shape index (κ1) is 20.8. The minimum absolute atomic E-state index is 0.0455. The second-order valence-electron chi connectivity index (χ2n) is 9.13. The van der Waals surface area contributed by atoms with E-state index in [1.807, 2.05) is 36.4 Å². The van der Waals surface area contributed by atoms with Crippen LogP contribution in [-0.4, -0.2) is 22.8 Å². The van der Waals surface area contributed by atoms with Crippen molar-refractivity contribution in [2.45, 2.75) is 43.6 Å². The molecule has 4 heteroatoms. The first-order valence-corrected chi connectivity index (χ1v) is 11.4. The lowest BCUT2D eigenvalue weighted by atomic mass is 9.77. The van der Waals surface area contributed by atoms with Crippen molar-refractivity contribution in [1.29, 1.82) is 0 Å². The van der Waals surface area contributed by atoms with Crippen molar-refractivity contribution in [3.05, 3.63) is 89.5 Å². The molecule has 1 saturated carbocycles. The minimum atomic E-state index is -0.819. The van der Waals surface area contributed by atoms with E-state index in [-0.39, 0.29) is 5.92 Å². The number of rotatable bonds is 5. The molecule has 5 rings (SSSR count). The quantitative estimate of drug-likeness (QED) is 0.560. The van der Waals surface area contributed by atoms with Crippen LogP contribution in [0.25, 0.3) is 11.1 Å². The van der Waals surface area contributed by atoms with Crippen LogP contribution in [0.3, 0.4) is 0 Å². The summed E-state index contributed by atoms with van der Waals surface area (Å²) in [5.74, 6) is -0.183. The molecule has 1 aliphatic heterocycles. The van der Waals surface area contributed by atoms with E-state index in [4.69, 9.17) is 4.74 Å². The highest BCUT2D eigenvalue weighted by atomic mass is 16.5. The van der Waals surface area contributed by atoms with Crippen LogP contribution in [0, 0.1) is 5.92 Å². The Hall–Kier alpha value is -3.11. The van der Waals surface area contributed by atoms with E-state index >= 15 is 0 Å². The predicted octanol–water partition coefficient (Wildman–Crippen LogP) is 5.53. The Morgan fingerprint density at radius 2 is 1.62 bits per heavy atom. The van der Waals surface area contributed by atoms with Crippen LogP contribution in [0.1, 0.15) is 48.5 Å². The zero-order valence-electron chi connectivity index (χ0n) is 18.0. The first-order chi connectivity index (χ1) is 15.6. The molecule has 1 unspecified atom stereocenters. The second kappa shape index (κ2) is 8.44. The van der Waals surface area contributed by atoms with Crippen LogP contribution in [0.2, 0.25) is 0 Å². The van der Waals surface area contributed by atoms with Gasteiger partial charge in [-0.2, -0.15) is 0 Å². The number of fused-ring (bicyclic) bond motifs is 1. The molecule has 1 heterocycles. The minimum Gasteiger partial charge on any atom is -0.493 e. The Kier molecular flexibility index (Phi) is 5.48. The topological polar surface area (TPSA) is 66.8 Å². The van der Waals surface area contributed by atoms with Gasteiger partial charge in [0.2, 0.25) is 0 Å². The maximum Gasteiger partial charge on any atom is 0.314 e. The summed E-state index contributed by atoms with van der Waals surface area (Å²) in [6, 6.07) is 24.3. The van der Waals surface area contributed by atoms with Crippen LogP contribution in [0.5, 0.6) is 5.75 Å². The number of ether oxygens (including phenoxy) is 1. The van der Waals surface area contributed by atoms with Gasteiger partial charge in [0.1, 0.15) is 5.75 Å². The van der Waals surface area contributed by atoms with Crippen molar-refractivity contribution < 1.29 is 19.7 Å². The molecule has 0 radical (unpaired) electrons. The van der Waals surface area contributed by atoms with Crippen LogP contribution in [0.15, 0.2) is 72.8 Å². The molecule has 0 bridgehead atoms. The number of carbonyl (C=O) groups is 1. The number of carboxylic acid groups (broad SMARTS) is 1. The summed E-state index contributed by atoms with van der Waals surface area (Å²) in [4.78, 5) is 12.0. The highest BCUT2D eigenvalue weighted by Gasteiger charge is 2.43. The lowest BCUT2D eigenvalue weighted by molar-refractivity contribution is -0.143. The van der Waals surface area contributed by atoms with Crippen molar-refractivity contribution in [2.24, 2.45) is 5.92 Å². The molecule has 1 fully saturated rings. The van der Waals surface area contributed by atoms with Gasteiger partial charge < -0.3 is 14.9 Å². The lowest BCUT2D eigenvalue weighted by Gasteiger charge is -2.32. The fraction of sp³-hybridized carbons (Fsp3) is 0.321. The number of aliphatic hydroxyl groups excluding tert-OH is 1. The molecule has 0 saturated heterocycles. The third-order valence-corrected chi connectivity index (χ3v) is 7.21. The summed E-state index contributed by atoms with van der Waals surface area (Å²) in [7, 11) is 0. The molecule has 4 nitrogen and oxygen atoms in total. The zero-order valence-corrected chi connectivity index (χ0v) is 18.0. The highest BCUT2D eigenvalue weighted by Crippen LogP contribution is 2.45. The average molecular weight is 429 g/mol. The molecule has 3 aromatic carbocycles. The number of benzene rings is 3. The molecule has 3 aromatic rings. The van der Waals surface area contributed by atoms with E-state index in [1.165, 1.54) is 11.1 Å². The van der Waals surface area contributed by atoms with Gasteiger partial charge in [-0.1, -0.05) is 79.6 Å². The summed E-state index contributed by atoms with van der Waals surface area (Å²) in [5.41, 5.74) is 4.25. The Bertz CT molecular complexity index is 1100. The largest absolute Gasteiger partial charge is 0.493 e. The summed E-state index contributed by atoms with van der Waals surface area (Å²) in [5, 5.41) is 20.9. The monoisotopic (exact) mass is 428 g/mol. The van der Waals surface area contributed by atoms with Gasteiger partial charge in [-0.15, -0.1) is 0 Å². The van der Waals surface area contributed by atoms with Crippen LogP contribution in [0.4, 0.5) is 0 Å². The molecule has 2 aliphatic rings. The standard InChI is InChI=1S/C28H28O4/c29-26-22(16-19-8-10-21(11-9-19)20-6-2-1-3-7-20)18-32-25-17-23(12-13-24(25)26)28(27(30)31)14-4-5-15-28/h1-3,6-13,17,22,26,29H,4-5,14-16,18H2,(H,30,31)/t22-,26?/m0/s1. The molecule has 2 N–H and O–H groups in total. The van der Waals surface area contributed by atoms with E-state index in [0.717, 1.165) is 36.0 Å². The van der Waals surface area contributed by atoms with Gasteiger partial charge in [-0.25, -0.2) is 0 Å². The molecular weight excluding hydrogens is 400 g/mol. The molecular formula is C28H28O4. The maximum atomic E-state index is 12.0. The lowest BCUT2D eigenvalue weighted by Crippen LogP contribution is -2.33. The third kappa shape index (κ3) is 3.69. The Labute approximate surface area is 188 Å². The van der Waals surface area contributed by atoms with Crippen molar-refractivity contribution in [2.75, 3.05) is 6.61 Å². The zero-order chi connectivity index (χ0) is 22.1. The van der Waals surface area contributed by atoms with Crippen LogP contribution in [-0.2, 0) is 16.6 Å². The molecule has 0 aromatic heterocycles. The van der Waals surface area contributed by atoms with Gasteiger partial charge in [-0.05, 0) is 47.6 Å². The van der Waals surface area contributed by atoms with Crippen molar-refractivity contribution >= 4 is 5.97 Å². The third-order valence-electron chi connectivity index (χ3n) is 7.21. The molecule has 0 spiro atoms. The fourth-order valence-corrected chi connectivity index (χ4v) is 5.29. The van der Waals surface area contributed by atoms with E-state index in [2.05, 4.69) is 36.4 Å². The smallest absolute Gasteiger partial charge is 0.314 e. The molecule has 0 amide bonds. The molecule has 164 valence electrons. The highest BCUT2D eigenvalue weighted by molar-refractivity contribution is 5.82. The van der Waals surface area contributed by atoms with Gasteiger partial charge in [-0.3, -0.25) is 4.79 Å². The fourth-order valence-electron chi connectivity index (χ4n) is 5.29. The summed E-state index contributed by atoms with van der Waals surface area (Å²) < 4.78 is 6.04. The summed E-state index contributed by atoms with van der Waals surface area (Å²) in [6.45, 7) is 0.415. The second-order valence-corrected chi connectivity index (χ2v) is 9.13. The number of hydrogen-bond acceptors (Lipinski definition) is 3. The van der Waals surface area contributed by atoms with Gasteiger partial charge in [0.05, 0.1) is 18.1 Å². The van der Waals surface area contributed by atoms with Crippen LogP contribution < -0.4 is 4.74 Å². The van der Waals surface area contributed by atoms with Crippen molar-refractivity contribution in [3.63, 3.8) is 0 Å². The number of hydrogen-bond donors (Lipinski definition) is 2. The van der Waals surface area contributed by atoms with Gasteiger partial charge in [0.25, 0.3) is 0 Å². The molecule has 2 atom stereocenters. The normalized spacial score (nSPS) is 21.5. The van der Waals surface area contributed by atoms with E-state index in [0.29, 0.717) is 25.2 Å². The number of aliphatic carboxylic acids is 1. The Morgan fingerprint density at radius 1 is 0.938 bits per heavy atom. The van der Waals surface area contributed by atoms with Crippen molar-refractivity contribution in [3.8, 4) is 16.9 Å².